The minimum Gasteiger partial charge on any atom is -0.497 e. The molecule has 0 aliphatic carbocycles. The molecule has 2 rings (SSSR count). The number of hydrogen-bond donors (Lipinski definition) is 2. The lowest BCUT2D eigenvalue weighted by molar-refractivity contribution is -0.121. The van der Waals surface area contributed by atoms with Crippen molar-refractivity contribution in [2.75, 3.05) is 12.0 Å². The van der Waals surface area contributed by atoms with Crippen molar-refractivity contribution >= 4 is 17.5 Å². The van der Waals surface area contributed by atoms with E-state index in [0.29, 0.717) is 5.75 Å². The Balaban J connectivity index is 2.22. The Labute approximate surface area is 98.1 Å². The van der Waals surface area contributed by atoms with Gasteiger partial charge in [0.25, 0.3) is 0 Å². The molecule has 1 aromatic carbocycles. The molecule has 1 aromatic rings. The van der Waals surface area contributed by atoms with Crippen LogP contribution in [-0.4, -0.2) is 31.0 Å². The number of carbonyl (C=O) groups is 2. The summed E-state index contributed by atoms with van der Waals surface area (Å²) in [4.78, 5) is 23.9. The molecule has 0 bridgehead atoms. The van der Waals surface area contributed by atoms with Crippen LogP contribution in [0.5, 0.6) is 5.75 Å². The SMILES string of the molecule is COc1ccc(N2[C@H](C(N)=O)[C@@H]2C(N)=O)cc1. The fourth-order valence-electron chi connectivity index (χ4n) is 1.89. The average Bonchev–Trinajstić information content (AvgIpc) is 3.04. The van der Waals surface area contributed by atoms with Crippen molar-refractivity contribution in [2.24, 2.45) is 11.5 Å². The van der Waals surface area contributed by atoms with Gasteiger partial charge in [0.2, 0.25) is 11.8 Å². The number of hydrogen-bond acceptors (Lipinski definition) is 4. The first-order chi connectivity index (χ1) is 8.06. The molecule has 0 saturated carbocycles. The fraction of sp³-hybridized carbons (Fsp3) is 0.273. The summed E-state index contributed by atoms with van der Waals surface area (Å²) in [5, 5.41) is 0. The highest BCUT2D eigenvalue weighted by Gasteiger charge is 2.55. The topological polar surface area (TPSA) is 98.4 Å². The number of carbonyl (C=O) groups excluding carboxylic acids is 2. The van der Waals surface area contributed by atoms with Crippen molar-refractivity contribution in [3.63, 3.8) is 0 Å². The van der Waals surface area contributed by atoms with Gasteiger partial charge in [0.15, 0.2) is 0 Å². The number of ether oxygens (including phenoxy) is 1. The summed E-state index contributed by atoms with van der Waals surface area (Å²) in [5.74, 6) is -0.406. The molecule has 2 atom stereocenters. The minimum atomic E-state index is -0.638. The Bertz CT molecular complexity index is 438. The van der Waals surface area contributed by atoms with Crippen LogP contribution in [0.1, 0.15) is 0 Å². The molecule has 2 amide bonds. The Morgan fingerprint density at radius 2 is 1.59 bits per heavy atom. The zero-order valence-corrected chi connectivity index (χ0v) is 9.29. The molecule has 1 fully saturated rings. The van der Waals surface area contributed by atoms with E-state index in [4.69, 9.17) is 16.2 Å². The third-order valence-electron chi connectivity index (χ3n) is 2.76. The van der Waals surface area contributed by atoms with Gasteiger partial charge in [0.1, 0.15) is 17.8 Å². The minimum absolute atomic E-state index is 0.551. The second-order valence-corrected chi connectivity index (χ2v) is 3.80. The van der Waals surface area contributed by atoms with Crippen molar-refractivity contribution in [1.82, 2.24) is 0 Å². The predicted molar refractivity (Wildman–Crippen MR) is 61.4 cm³/mol. The number of primary amides is 2. The first-order valence-electron chi connectivity index (χ1n) is 5.07. The molecule has 6 heteroatoms. The van der Waals surface area contributed by atoms with Crippen molar-refractivity contribution in [3.8, 4) is 5.75 Å². The number of amides is 2. The lowest BCUT2D eigenvalue weighted by Gasteiger charge is -2.05. The molecule has 1 aliphatic heterocycles. The van der Waals surface area contributed by atoms with Crippen molar-refractivity contribution < 1.29 is 14.3 Å². The highest BCUT2D eigenvalue weighted by Crippen LogP contribution is 2.35. The van der Waals surface area contributed by atoms with Gasteiger partial charge in [-0.1, -0.05) is 0 Å². The Morgan fingerprint density at radius 1 is 1.12 bits per heavy atom. The number of methoxy groups -OCH3 is 1. The summed E-state index contributed by atoms with van der Waals surface area (Å²) in [5.41, 5.74) is 11.1. The molecule has 0 aromatic heterocycles. The Kier molecular flexibility index (Phi) is 2.63. The van der Waals surface area contributed by atoms with Crippen molar-refractivity contribution in [2.45, 2.75) is 12.1 Å². The van der Waals surface area contributed by atoms with Crippen LogP contribution < -0.4 is 21.1 Å². The number of nitrogens with two attached hydrogens (primary N) is 2. The third kappa shape index (κ3) is 1.89. The molecular weight excluding hydrogens is 222 g/mol. The summed E-state index contributed by atoms with van der Waals surface area (Å²) in [6.07, 6.45) is 0. The molecule has 0 unspecified atom stereocenters. The van der Waals surface area contributed by atoms with E-state index in [2.05, 4.69) is 0 Å². The molecule has 90 valence electrons. The number of benzene rings is 1. The highest BCUT2D eigenvalue weighted by atomic mass is 16.5. The smallest absolute Gasteiger partial charge is 0.242 e. The summed E-state index contributed by atoms with van der Waals surface area (Å²) in [6, 6.07) is 5.70. The zero-order chi connectivity index (χ0) is 12.6. The van der Waals surface area contributed by atoms with Gasteiger partial charge in [-0.15, -0.1) is 0 Å². The van der Waals surface area contributed by atoms with E-state index in [-0.39, 0.29) is 0 Å². The summed E-state index contributed by atoms with van der Waals surface area (Å²) in [6.45, 7) is 0. The predicted octanol–water partition coefficient (Wildman–Crippen LogP) is -0.777. The largest absolute Gasteiger partial charge is 0.497 e. The van der Waals surface area contributed by atoms with E-state index in [9.17, 15) is 9.59 Å². The van der Waals surface area contributed by atoms with Crippen LogP contribution in [-0.2, 0) is 9.59 Å². The quantitative estimate of drug-likeness (QED) is 0.669. The van der Waals surface area contributed by atoms with Gasteiger partial charge >= 0.3 is 0 Å². The van der Waals surface area contributed by atoms with E-state index in [1.54, 1.807) is 36.3 Å². The standard InChI is InChI=1S/C11H13N3O3/c1-17-7-4-2-6(3-5-7)14-8(10(12)15)9(14)11(13)16/h2-5,8-9H,1H3,(H2,12,15)(H2,13,16)/t8-,9+,14?. The van der Waals surface area contributed by atoms with Crippen LogP contribution in [0, 0.1) is 0 Å². The van der Waals surface area contributed by atoms with Crippen LogP contribution >= 0.6 is 0 Å². The molecule has 4 N–H and O–H groups in total. The second-order valence-electron chi connectivity index (χ2n) is 3.80. The maximum atomic E-state index is 11.1. The van der Waals surface area contributed by atoms with Crippen LogP contribution in [0.2, 0.25) is 0 Å². The Morgan fingerprint density at radius 3 is 1.94 bits per heavy atom. The maximum absolute atomic E-state index is 11.1. The lowest BCUT2D eigenvalue weighted by Crippen LogP contribution is -2.26. The van der Waals surface area contributed by atoms with Crippen LogP contribution in [0.25, 0.3) is 0 Å². The van der Waals surface area contributed by atoms with Crippen molar-refractivity contribution in [3.05, 3.63) is 24.3 Å². The lowest BCUT2D eigenvalue weighted by atomic mass is 10.3. The van der Waals surface area contributed by atoms with Gasteiger partial charge < -0.3 is 21.1 Å². The number of rotatable bonds is 4. The normalized spacial score (nSPS) is 22.1. The van der Waals surface area contributed by atoms with E-state index in [0.717, 1.165) is 5.69 Å². The molecule has 1 heterocycles. The molecular formula is C11H13N3O3. The van der Waals surface area contributed by atoms with Crippen LogP contribution in [0.15, 0.2) is 24.3 Å². The van der Waals surface area contributed by atoms with Crippen LogP contribution in [0.3, 0.4) is 0 Å². The molecule has 1 saturated heterocycles. The first kappa shape index (κ1) is 11.3. The Hall–Kier alpha value is -2.24. The summed E-state index contributed by atoms with van der Waals surface area (Å²) >= 11 is 0. The molecule has 0 radical (unpaired) electrons. The van der Waals surface area contributed by atoms with Gasteiger partial charge in [-0.25, -0.2) is 0 Å². The monoisotopic (exact) mass is 235 g/mol. The third-order valence-corrected chi connectivity index (χ3v) is 2.76. The van der Waals surface area contributed by atoms with E-state index in [1.807, 2.05) is 0 Å². The zero-order valence-electron chi connectivity index (χ0n) is 9.29. The van der Waals surface area contributed by atoms with Crippen LogP contribution in [0.4, 0.5) is 5.69 Å². The van der Waals surface area contributed by atoms with Gasteiger partial charge in [-0.3, -0.25) is 9.59 Å². The van der Waals surface area contributed by atoms with Gasteiger partial charge in [0.05, 0.1) is 7.11 Å². The fourth-order valence-corrected chi connectivity index (χ4v) is 1.89. The van der Waals surface area contributed by atoms with Crippen molar-refractivity contribution in [1.29, 1.82) is 0 Å². The maximum Gasteiger partial charge on any atom is 0.242 e. The van der Waals surface area contributed by atoms with Gasteiger partial charge in [-0.05, 0) is 24.3 Å². The number of anilines is 1. The van der Waals surface area contributed by atoms with E-state index < -0.39 is 23.9 Å². The second kappa shape index (κ2) is 3.97. The molecule has 6 nitrogen and oxygen atoms in total. The molecule has 0 spiro atoms. The van der Waals surface area contributed by atoms with Gasteiger partial charge in [-0.2, -0.15) is 0 Å². The van der Waals surface area contributed by atoms with Gasteiger partial charge in [0, 0.05) is 5.69 Å². The summed E-state index contributed by atoms with van der Waals surface area (Å²) in [7, 11) is 1.56. The molecule has 1 aliphatic rings. The van der Waals surface area contributed by atoms with E-state index >= 15 is 0 Å². The summed E-state index contributed by atoms with van der Waals surface area (Å²) < 4.78 is 5.02. The van der Waals surface area contributed by atoms with E-state index in [1.165, 1.54) is 0 Å². The highest BCUT2D eigenvalue weighted by molar-refractivity contribution is 6.03. The average molecular weight is 235 g/mol. The first-order valence-corrected chi connectivity index (χ1v) is 5.07. The molecule has 17 heavy (non-hydrogen) atoms. The number of nitrogens with zero attached hydrogens (tertiary/aromatic N) is 1.